The van der Waals surface area contributed by atoms with Crippen molar-refractivity contribution in [2.75, 3.05) is 5.32 Å². The summed E-state index contributed by atoms with van der Waals surface area (Å²) in [7, 11) is 0. The topological polar surface area (TPSA) is 90.2 Å². The summed E-state index contributed by atoms with van der Waals surface area (Å²) < 4.78 is 0. The Kier molecular flexibility index (Phi) is 4.71. The highest BCUT2D eigenvalue weighted by Crippen LogP contribution is 2.39. The third kappa shape index (κ3) is 3.40. The SMILES string of the molecule is Cc1sc(NC(=O)/C=C/C(=O)O)c(C#N)c1-c1ccccc1. The molecule has 22 heavy (non-hydrogen) atoms. The third-order valence-electron chi connectivity index (χ3n) is 2.87. The van der Waals surface area contributed by atoms with Crippen LogP contribution >= 0.6 is 11.3 Å². The molecule has 0 aliphatic carbocycles. The first kappa shape index (κ1) is 15.5. The standard InChI is InChI=1S/C16H12N2O3S/c1-10-15(11-5-3-2-4-6-11)12(9-17)16(22-10)18-13(19)7-8-14(20)21/h2-8H,1H3,(H,18,19)(H,20,21)/b8-7+. The Morgan fingerprint density at radius 1 is 1.27 bits per heavy atom. The minimum absolute atomic E-state index is 0.380. The molecule has 0 aliphatic heterocycles. The van der Waals surface area contributed by atoms with Crippen LogP contribution in [0.4, 0.5) is 5.00 Å². The maximum Gasteiger partial charge on any atom is 0.328 e. The van der Waals surface area contributed by atoms with Crippen molar-refractivity contribution in [3.05, 3.63) is 52.9 Å². The van der Waals surface area contributed by atoms with Gasteiger partial charge in [0.05, 0.1) is 5.56 Å². The molecule has 0 atom stereocenters. The molecule has 0 spiro atoms. The highest BCUT2D eigenvalue weighted by atomic mass is 32.1. The fourth-order valence-electron chi connectivity index (χ4n) is 1.99. The maximum atomic E-state index is 11.7. The Hall–Kier alpha value is -2.91. The molecule has 1 heterocycles. The molecule has 0 fully saturated rings. The van der Waals surface area contributed by atoms with Crippen LogP contribution in [0.15, 0.2) is 42.5 Å². The van der Waals surface area contributed by atoms with E-state index in [4.69, 9.17) is 5.11 Å². The minimum atomic E-state index is -1.21. The van der Waals surface area contributed by atoms with E-state index in [0.717, 1.165) is 28.2 Å². The highest BCUT2D eigenvalue weighted by molar-refractivity contribution is 7.17. The van der Waals surface area contributed by atoms with E-state index in [0.29, 0.717) is 10.6 Å². The lowest BCUT2D eigenvalue weighted by atomic mass is 10.0. The van der Waals surface area contributed by atoms with Crippen LogP contribution < -0.4 is 5.32 Å². The van der Waals surface area contributed by atoms with Crippen LogP contribution in [0.3, 0.4) is 0 Å². The molecule has 0 bridgehead atoms. The number of thiophene rings is 1. The van der Waals surface area contributed by atoms with Gasteiger partial charge in [-0.05, 0) is 12.5 Å². The summed E-state index contributed by atoms with van der Waals surface area (Å²) >= 11 is 1.29. The van der Waals surface area contributed by atoms with Gasteiger partial charge in [0.2, 0.25) is 5.91 Å². The van der Waals surface area contributed by atoms with E-state index in [-0.39, 0.29) is 0 Å². The maximum absolute atomic E-state index is 11.7. The van der Waals surface area contributed by atoms with Crippen LogP contribution in [0.5, 0.6) is 0 Å². The number of hydrogen-bond acceptors (Lipinski definition) is 4. The summed E-state index contributed by atoms with van der Waals surface area (Å²) in [6.45, 7) is 1.87. The molecule has 0 unspecified atom stereocenters. The molecule has 5 nitrogen and oxygen atoms in total. The summed E-state index contributed by atoms with van der Waals surface area (Å²) in [5.74, 6) is -1.79. The first-order chi connectivity index (χ1) is 10.5. The van der Waals surface area contributed by atoms with Crippen molar-refractivity contribution >= 4 is 28.2 Å². The molecule has 6 heteroatoms. The van der Waals surface area contributed by atoms with Crippen molar-refractivity contribution in [2.45, 2.75) is 6.92 Å². The zero-order valence-electron chi connectivity index (χ0n) is 11.7. The van der Waals surface area contributed by atoms with E-state index in [9.17, 15) is 14.9 Å². The number of amides is 1. The molecule has 1 amide bonds. The second-order valence-corrected chi connectivity index (χ2v) is 5.60. The third-order valence-corrected chi connectivity index (χ3v) is 3.89. The zero-order valence-corrected chi connectivity index (χ0v) is 12.5. The summed E-state index contributed by atoms with van der Waals surface area (Å²) in [4.78, 5) is 23.0. The lowest BCUT2D eigenvalue weighted by molar-refractivity contribution is -0.131. The van der Waals surface area contributed by atoms with Crippen molar-refractivity contribution in [1.82, 2.24) is 0 Å². The van der Waals surface area contributed by atoms with Gasteiger partial charge in [0, 0.05) is 22.6 Å². The molecule has 0 saturated carbocycles. The Labute approximate surface area is 131 Å². The van der Waals surface area contributed by atoms with Gasteiger partial charge in [-0.3, -0.25) is 4.79 Å². The number of benzene rings is 1. The number of carbonyl (C=O) groups excluding carboxylic acids is 1. The molecule has 0 saturated heterocycles. The van der Waals surface area contributed by atoms with Crippen molar-refractivity contribution < 1.29 is 14.7 Å². The summed E-state index contributed by atoms with van der Waals surface area (Å²) in [5.41, 5.74) is 2.06. The number of carboxylic acids is 1. The molecule has 0 aliphatic rings. The van der Waals surface area contributed by atoms with E-state index in [1.807, 2.05) is 37.3 Å². The fourth-order valence-corrected chi connectivity index (χ4v) is 3.02. The van der Waals surface area contributed by atoms with Gasteiger partial charge in [-0.15, -0.1) is 11.3 Å². The molecule has 2 N–H and O–H groups in total. The number of aryl methyl sites for hydroxylation is 1. The number of nitrogens with one attached hydrogen (secondary N) is 1. The van der Waals surface area contributed by atoms with Crippen molar-refractivity contribution in [2.24, 2.45) is 0 Å². The monoisotopic (exact) mass is 312 g/mol. The Balaban J connectivity index is 2.38. The van der Waals surface area contributed by atoms with E-state index < -0.39 is 11.9 Å². The Morgan fingerprint density at radius 3 is 2.55 bits per heavy atom. The van der Waals surface area contributed by atoms with Gasteiger partial charge < -0.3 is 10.4 Å². The number of carbonyl (C=O) groups is 2. The molecule has 0 radical (unpaired) electrons. The van der Waals surface area contributed by atoms with Gasteiger partial charge in [-0.25, -0.2) is 4.79 Å². The molecule has 110 valence electrons. The van der Waals surface area contributed by atoms with Crippen LogP contribution in [-0.2, 0) is 9.59 Å². The number of aliphatic carboxylic acids is 1. The molecule has 1 aromatic heterocycles. The van der Waals surface area contributed by atoms with E-state index in [2.05, 4.69) is 11.4 Å². The van der Waals surface area contributed by atoms with Crippen molar-refractivity contribution in [1.29, 1.82) is 5.26 Å². The smallest absolute Gasteiger partial charge is 0.328 e. The molecule has 1 aromatic carbocycles. The summed E-state index contributed by atoms with van der Waals surface area (Å²) in [5, 5.41) is 20.9. The lowest BCUT2D eigenvalue weighted by Gasteiger charge is -2.02. The van der Waals surface area contributed by atoms with Gasteiger partial charge in [-0.1, -0.05) is 30.3 Å². The summed E-state index contributed by atoms with van der Waals surface area (Å²) in [6.07, 6.45) is 1.67. The number of carboxylic acid groups (broad SMARTS) is 1. The van der Waals surface area contributed by atoms with E-state index in [1.165, 1.54) is 11.3 Å². The van der Waals surface area contributed by atoms with Gasteiger partial charge in [0.25, 0.3) is 0 Å². The average Bonchev–Trinajstić information content (AvgIpc) is 2.81. The first-order valence-corrected chi connectivity index (χ1v) is 7.15. The highest BCUT2D eigenvalue weighted by Gasteiger charge is 2.18. The predicted molar refractivity (Wildman–Crippen MR) is 84.6 cm³/mol. The van der Waals surface area contributed by atoms with Crippen LogP contribution in [0.1, 0.15) is 10.4 Å². The number of anilines is 1. The van der Waals surface area contributed by atoms with Crippen LogP contribution in [-0.4, -0.2) is 17.0 Å². The lowest BCUT2D eigenvalue weighted by Crippen LogP contribution is -2.08. The first-order valence-electron chi connectivity index (χ1n) is 6.34. The fraction of sp³-hybridized carbons (Fsp3) is 0.0625. The number of rotatable bonds is 4. The van der Waals surface area contributed by atoms with Gasteiger partial charge in [0.1, 0.15) is 11.1 Å². The van der Waals surface area contributed by atoms with Crippen LogP contribution in [0.25, 0.3) is 11.1 Å². The number of nitriles is 1. The second kappa shape index (κ2) is 6.70. The largest absolute Gasteiger partial charge is 0.478 e. The quantitative estimate of drug-likeness (QED) is 0.848. The summed E-state index contributed by atoms with van der Waals surface area (Å²) in [6, 6.07) is 11.5. The van der Waals surface area contributed by atoms with Gasteiger partial charge >= 0.3 is 5.97 Å². The van der Waals surface area contributed by atoms with Crippen molar-refractivity contribution in [3.63, 3.8) is 0 Å². The molecular formula is C16H12N2O3S. The molecular weight excluding hydrogens is 300 g/mol. The second-order valence-electron chi connectivity index (χ2n) is 4.38. The van der Waals surface area contributed by atoms with E-state index >= 15 is 0 Å². The molecule has 2 aromatic rings. The minimum Gasteiger partial charge on any atom is -0.478 e. The number of hydrogen-bond donors (Lipinski definition) is 2. The number of nitrogens with zero attached hydrogens (tertiary/aromatic N) is 1. The predicted octanol–water partition coefficient (Wildman–Crippen LogP) is 3.17. The van der Waals surface area contributed by atoms with Gasteiger partial charge in [-0.2, -0.15) is 5.26 Å². The zero-order chi connectivity index (χ0) is 16.1. The normalized spacial score (nSPS) is 10.4. The molecule has 2 rings (SSSR count). The Bertz CT molecular complexity index is 786. The van der Waals surface area contributed by atoms with Crippen molar-refractivity contribution in [3.8, 4) is 17.2 Å². The van der Waals surface area contributed by atoms with Gasteiger partial charge in [0.15, 0.2) is 0 Å². The van der Waals surface area contributed by atoms with Crippen LogP contribution in [0, 0.1) is 18.3 Å². The average molecular weight is 312 g/mol. The van der Waals surface area contributed by atoms with E-state index in [1.54, 1.807) is 0 Å². The van der Waals surface area contributed by atoms with Crippen LogP contribution in [0.2, 0.25) is 0 Å². The Morgan fingerprint density at radius 2 is 1.95 bits per heavy atom.